The van der Waals surface area contributed by atoms with E-state index >= 15 is 0 Å². The van der Waals surface area contributed by atoms with Crippen molar-refractivity contribution in [2.75, 3.05) is 6.61 Å². The van der Waals surface area contributed by atoms with Crippen LogP contribution < -0.4 is 4.74 Å². The largest absolute Gasteiger partial charge is 0.489 e. The summed E-state index contributed by atoms with van der Waals surface area (Å²) in [6, 6.07) is 18.6. The molecule has 7 heteroatoms. The zero-order chi connectivity index (χ0) is 25.1. The molecule has 184 valence electrons. The van der Waals surface area contributed by atoms with E-state index in [1.807, 2.05) is 54.6 Å². The molecule has 1 aliphatic rings. The summed E-state index contributed by atoms with van der Waals surface area (Å²) in [5.74, 6) is -0.508. The highest BCUT2D eigenvalue weighted by atomic mass is 16.5. The van der Waals surface area contributed by atoms with E-state index in [9.17, 15) is 20.1 Å². The van der Waals surface area contributed by atoms with Crippen molar-refractivity contribution in [3.8, 4) is 16.9 Å². The summed E-state index contributed by atoms with van der Waals surface area (Å²) in [6.45, 7) is 0.406. The molecule has 1 aliphatic heterocycles. The first kappa shape index (κ1) is 23.9. The van der Waals surface area contributed by atoms with E-state index in [0.717, 1.165) is 22.1 Å². The molecule has 1 saturated heterocycles. The number of carboxylic acid groups (broad SMARTS) is 1. The third-order valence-corrected chi connectivity index (χ3v) is 6.52. The van der Waals surface area contributed by atoms with Crippen molar-refractivity contribution in [3.05, 3.63) is 95.3 Å². The average molecular weight is 486 g/mol. The lowest BCUT2D eigenvalue weighted by Crippen LogP contribution is -2.23. The molecule has 5 rings (SSSR count). The maximum Gasteiger partial charge on any atom is 0.336 e. The van der Waals surface area contributed by atoms with Crippen molar-refractivity contribution in [3.63, 3.8) is 0 Å². The first-order valence-corrected chi connectivity index (χ1v) is 11.9. The van der Waals surface area contributed by atoms with Crippen LogP contribution in [0.25, 0.3) is 21.9 Å². The minimum Gasteiger partial charge on any atom is -0.489 e. The van der Waals surface area contributed by atoms with Gasteiger partial charge in [0.2, 0.25) is 0 Å². The SMILES string of the molecule is O=C(O)c1cc2cc(OCc3cncc(C4CC(O)CCO4)c3)ccc2c(-c2ccccc2)c1CO. The Labute approximate surface area is 208 Å². The van der Waals surface area contributed by atoms with Crippen molar-refractivity contribution in [1.29, 1.82) is 0 Å². The summed E-state index contributed by atoms with van der Waals surface area (Å²) in [7, 11) is 0. The Balaban J connectivity index is 1.45. The Kier molecular flexibility index (Phi) is 6.95. The average Bonchev–Trinajstić information content (AvgIpc) is 2.91. The van der Waals surface area contributed by atoms with Crippen LogP contribution in [-0.4, -0.2) is 39.0 Å². The molecule has 2 heterocycles. The van der Waals surface area contributed by atoms with Gasteiger partial charge in [-0.15, -0.1) is 0 Å². The second-order valence-electron chi connectivity index (χ2n) is 8.94. The molecule has 2 atom stereocenters. The van der Waals surface area contributed by atoms with E-state index < -0.39 is 5.97 Å². The maximum absolute atomic E-state index is 12.0. The van der Waals surface area contributed by atoms with Gasteiger partial charge in [0.25, 0.3) is 0 Å². The monoisotopic (exact) mass is 485 g/mol. The van der Waals surface area contributed by atoms with Crippen LogP contribution in [-0.2, 0) is 18.0 Å². The molecule has 1 aromatic heterocycles. The van der Waals surface area contributed by atoms with Gasteiger partial charge in [0.15, 0.2) is 0 Å². The minimum atomic E-state index is -1.10. The van der Waals surface area contributed by atoms with Crippen LogP contribution >= 0.6 is 0 Å². The zero-order valence-corrected chi connectivity index (χ0v) is 19.6. The lowest BCUT2D eigenvalue weighted by molar-refractivity contribution is -0.0449. The third-order valence-electron chi connectivity index (χ3n) is 6.52. The second kappa shape index (κ2) is 10.5. The number of aromatic carboxylic acids is 1. The molecule has 3 N–H and O–H groups in total. The Hall–Kier alpha value is -3.78. The van der Waals surface area contributed by atoms with Crippen LogP contribution in [0.3, 0.4) is 0 Å². The first-order chi connectivity index (χ1) is 17.5. The quantitative estimate of drug-likeness (QED) is 0.342. The highest BCUT2D eigenvalue weighted by Crippen LogP contribution is 2.37. The van der Waals surface area contributed by atoms with E-state index in [4.69, 9.17) is 9.47 Å². The molecule has 2 unspecified atom stereocenters. The molecular weight excluding hydrogens is 458 g/mol. The van der Waals surface area contributed by atoms with Crippen LogP contribution in [0.15, 0.2) is 73.1 Å². The van der Waals surface area contributed by atoms with Crippen LogP contribution in [0.5, 0.6) is 5.75 Å². The number of rotatable bonds is 7. The fourth-order valence-corrected chi connectivity index (χ4v) is 4.75. The number of hydrogen-bond acceptors (Lipinski definition) is 6. The summed E-state index contributed by atoms with van der Waals surface area (Å²) in [5, 5.41) is 31.4. The molecule has 0 amide bonds. The lowest BCUT2D eigenvalue weighted by Gasteiger charge is -2.26. The number of aromatic nitrogens is 1. The predicted octanol–water partition coefficient (Wildman–Crippen LogP) is 4.88. The third kappa shape index (κ3) is 4.95. The van der Waals surface area contributed by atoms with E-state index in [1.165, 1.54) is 0 Å². The number of carbonyl (C=O) groups is 1. The molecule has 1 fully saturated rings. The van der Waals surface area contributed by atoms with Crippen molar-refractivity contribution >= 4 is 16.7 Å². The molecule has 0 aliphatic carbocycles. The van der Waals surface area contributed by atoms with Gasteiger partial charge in [0.1, 0.15) is 12.4 Å². The molecule has 0 spiro atoms. The van der Waals surface area contributed by atoms with E-state index in [-0.39, 0.29) is 31.0 Å². The van der Waals surface area contributed by atoms with Crippen LogP contribution in [0, 0.1) is 0 Å². The van der Waals surface area contributed by atoms with Crippen LogP contribution in [0.1, 0.15) is 46.0 Å². The van der Waals surface area contributed by atoms with Gasteiger partial charge in [-0.3, -0.25) is 4.98 Å². The lowest BCUT2D eigenvalue weighted by atomic mass is 9.90. The fourth-order valence-electron chi connectivity index (χ4n) is 4.75. The molecule has 7 nitrogen and oxygen atoms in total. The summed E-state index contributed by atoms with van der Waals surface area (Å²) in [6.07, 6.45) is 4.11. The van der Waals surface area contributed by atoms with Crippen molar-refractivity contribution in [1.82, 2.24) is 4.98 Å². The van der Waals surface area contributed by atoms with Gasteiger partial charge < -0.3 is 24.8 Å². The van der Waals surface area contributed by atoms with Crippen molar-refractivity contribution in [2.24, 2.45) is 0 Å². The van der Waals surface area contributed by atoms with Crippen LogP contribution in [0.2, 0.25) is 0 Å². The van der Waals surface area contributed by atoms with E-state index in [2.05, 4.69) is 4.98 Å². The number of pyridine rings is 1. The Morgan fingerprint density at radius 1 is 1.08 bits per heavy atom. The minimum absolute atomic E-state index is 0.0626. The van der Waals surface area contributed by atoms with Gasteiger partial charge >= 0.3 is 5.97 Å². The molecule has 36 heavy (non-hydrogen) atoms. The van der Waals surface area contributed by atoms with Gasteiger partial charge in [0.05, 0.1) is 24.4 Å². The topological polar surface area (TPSA) is 109 Å². The van der Waals surface area contributed by atoms with Crippen LogP contribution in [0.4, 0.5) is 0 Å². The maximum atomic E-state index is 12.0. The van der Waals surface area contributed by atoms with Gasteiger partial charge in [-0.25, -0.2) is 4.79 Å². The van der Waals surface area contributed by atoms with Crippen molar-refractivity contribution < 1.29 is 29.6 Å². The number of fused-ring (bicyclic) bond motifs is 1. The first-order valence-electron chi connectivity index (χ1n) is 11.9. The van der Waals surface area contributed by atoms with E-state index in [0.29, 0.717) is 41.7 Å². The summed E-state index contributed by atoms with van der Waals surface area (Å²) in [4.78, 5) is 16.3. The number of hydrogen-bond donors (Lipinski definition) is 3. The Bertz CT molecular complexity index is 1390. The summed E-state index contributed by atoms with van der Waals surface area (Å²) in [5.41, 5.74) is 3.75. The molecule has 4 aromatic rings. The number of ether oxygens (including phenoxy) is 2. The second-order valence-corrected chi connectivity index (χ2v) is 8.94. The fraction of sp³-hybridized carbons (Fsp3) is 0.241. The van der Waals surface area contributed by atoms with Gasteiger partial charge in [0, 0.05) is 36.5 Å². The number of aliphatic hydroxyl groups excluding tert-OH is 2. The highest BCUT2D eigenvalue weighted by molar-refractivity contribution is 6.05. The molecular formula is C29H27NO6. The number of aliphatic hydroxyl groups is 2. The summed E-state index contributed by atoms with van der Waals surface area (Å²) < 4.78 is 11.8. The smallest absolute Gasteiger partial charge is 0.336 e. The standard InChI is InChI=1S/C29H27NO6/c31-16-26-25(29(33)34)12-20-11-23(6-7-24(20)28(26)19-4-2-1-3-5-19)36-17-18-10-21(15-30-14-18)27-13-22(32)8-9-35-27/h1-7,10-12,14-15,22,27,31-32H,8-9,13,16-17H2,(H,33,34). The number of nitrogens with zero attached hydrogens (tertiary/aromatic N) is 1. The van der Waals surface area contributed by atoms with E-state index in [1.54, 1.807) is 18.5 Å². The molecule has 0 bridgehead atoms. The predicted molar refractivity (Wildman–Crippen MR) is 135 cm³/mol. The molecule has 0 radical (unpaired) electrons. The van der Waals surface area contributed by atoms with Crippen molar-refractivity contribution in [2.45, 2.75) is 38.3 Å². The molecule has 0 saturated carbocycles. The Morgan fingerprint density at radius 3 is 2.67 bits per heavy atom. The number of carboxylic acids is 1. The van der Waals surface area contributed by atoms with Gasteiger partial charge in [-0.2, -0.15) is 0 Å². The van der Waals surface area contributed by atoms with Gasteiger partial charge in [-0.05, 0) is 58.1 Å². The number of benzene rings is 3. The summed E-state index contributed by atoms with van der Waals surface area (Å²) >= 11 is 0. The normalized spacial score (nSPS) is 17.7. The molecule has 3 aromatic carbocycles. The Morgan fingerprint density at radius 2 is 1.92 bits per heavy atom. The highest BCUT2D eigenvalue weighted by Gasteiger charge is 2.23. The zero-order valence-electron chi connectivity index (χ0n) is 19.6. The van der Waals surface area contributed by atoms with Gasteiger partial charge in [-0.1, -0.05) is 36.4 Å².